The second-order valence-electron chi connectivity index (χ2n) is 8.45. The highest BCUT2D eigenvalue weighted by molar-refractivity contribution is 7.80. The Morgan fingerprint density at radius 2 is 1.91 bits per heavy atom. The van der Waals surface area contributed by atoms with Gasteiger partial charge in [0, 0.05) is 48.8 Å². The van der Waals surface area contributed by atoms with Gasteiger partial charge in [-0.25, -0.2) is 0 Å². The molecule has 2 aromatic rings. The van der Waals surface area contributed by atoms with Crippen molar-refractivity contribution >= 4 is 46.4 Å². The maximum Gasteiger partial charge on any atom is 0.237 e. The van der Waals surface area contributed by atoms with Crippen molar-refractivity contribution in [2.24, 2.45) is 0 Å². The molecule has 2 aromatic carbocycles. The number of halogens is 1. The molecule has 33 heavy (non-hydrogen) atoms. The average Bonchev–Trinajstić information content (AvgIpc) is 3.24. The highest BCUT2D eigenvalue weighted by atomic mass is 35.5. The molecule has 7 nitrogen and oxygen atoms in total. The molecule has 2 saturated heterocycles. The first-order chi connectivity index (χ1) is 16.0. The molecule has 2 amide bonds. The summed E-state index contributed by atoms with van der Waals surface area (Å²) >= 11 is 11.4. The van der Waals surface area contributed by atoms with Gasteiger partial charge >= 0.3 is 0 Å². The van der Waals surface area contributed by atoms with E-state index in [1.807, 2.05) is 42.5 Å². The average molecular weight is 486 g/mol. The molecule has 3 atom stereocenters. The van der Waals surface area contributed by atoms with Crippen LogP contribution in [-0.2, 0) is 16.1 Å². The first-order valence-corrected chi connectivity index (χ1v) is 11.9. The summed E-state index contributed by atoms with van der Waals surface area (Å²) < 4.78 is 0. The Balaban J connectivity index is 1.26. The third-order valence-electron chi connectivity index (χ3n) is 6.10. The van der Waals surface area contributed by atoms with Gasteiger partial charge in [-0.1, -0.05) is 41.9 Å². The third-order valence-corrected chi connectivity index (χ3v) is 6.57. The van der Waals surface area contributed by atoms with Crippen molar-refractivity contribution in [2.75, 3.05) is 18.4 Å². The summed E-state index contributed by atoms with van der Waals surface area (Å²) in [5.41, 5.74) is 1.93. The minimum Gasteiger partial charge on any atom is -0.358 e. The molecule has 0 spiro atoms. The van der Waals surface area contributed by atoms with Crippen molar-refractivity contribution in [2.45, 2.75) is 43.9 Å². The Bertz CT molecular complexity index is 988. The number of hydrogen-bond donors (Lipinski definition) is 4. The molecule has 4 N–H and O–H groups in total. The van der Waals surface area contributed by atoms with Crippen molar-refractivity contribution in [3.63, 3.8) is 0 Å². The number of amides is 2. The number of rotatable bonds is 7. The van der Waals surface area contributed by atoms with Crippen LogP contribution >= 0.6 is 23.8 Å². The van der Waals surface area contributed by atoms with E-state index in [2.05, 4.69) is 26.2 Å². The van der Waals surface area contributed by atoms with E-state index in [1.54, 1.807) is 12.1 Å². The van der Waals surface area contributed by atoms with E-state index in [4.69, 9.17) is 23.8 Å². The minimum absolute atomic E-state index is 0.0227. The quantitative estimate of drug-likeness (QED) is 0.451. The van der Waals surface area contributed by atoms with Gasteiger partial charge in [0.05, 0.1) is 6.04 Å². The topological polar surface area (TPSA) is 85.5 Å². The Morgan fingerprint density at radius 1 is 1.15 bits per heavy atom. The van der Waals surface area contributed by atoms with Crippen LogP contribution in [0.3, 0.4) is 0 Å². The minimum atomic E-state index is -0.202. The van der Waals surface area contributed by atoms with Gasteiger partial charge < -0.3 is 21.3 Å². The zero-order chi connectivity index (χ0) is 23.2. The van der Waals surface area contributed by atoms with E-state index < -0.39 is 0 Å². The molecule has 2 aliphatic rings. The predicted molar refractivity (Wildman–Crippen MR) is 134 cm³/mol. The molecule has 174 valence electrons. The van der Waals surface area contributed by atoms with Gasteiger partial charge in [0.15, 0.2) is 5.11 Å². The second kappa shape index (κ2) is 11.0. The Hall–Kier alpha value is -2.68. The van der Waals surface area contributed by atoms with E-state index in [9.17, 15) is 9.59 Å². The summed E-state index contributed by atoms with van der Waals surface area (Å²) in [6.07, 6.45) is 1.79. The number of carbonyl (C=O) groups is 2. The van der Waals surface area contributed by atoms with E-state index in [-0.39, 0.29) is 29.9 Å². The van der Waals surface area contributed by atoms with Crippen molar-refractivity contribution < 1.29 is 9.59 Å². The number of fused-ring (bicyclic) bond motifs is 1. The molecular weight excluding hydrogens is 458 g/mol. The fourth-order valence-corrected chi connectivity index (χ4v) is 4.83. The molecular formula is C24H28ClN5O2S. The Kier molecular flexibility index (Phi) is 7.80. The maximum absolute atomic E-state index is 12.5. The number of nitrogens with one attached hydrogen (secondary N) is 4. The van der Waals surface area contributed by atoms with E-state index in [0.29, 0.717) is 49.0 Å². The number of thiocarbonyl (C=S) groups is 1. The molecule has 2 heterocycles. The van der Waals surface area contributed by atoms with Crippen molar-refractivity contribution in [1.82, 2.24) is 20.9 Å². The highest BCUT2D eigenvalue weighted by Crippen LogP contribution is 2.26. The molecule has 3 unspecified atom stereocenters. The van der Waals surface area contributed by atoms with E-state index in [0.717, 1.165) is 11.3 Å². The summed E-state index contributed by atoms with van der Waals surface area (Å²) in [4.78, 5) is 27.0. The van der Waals surface area contributed by atoms with Crippen molar-refractivity contribution in [3.8, 4) is 0 Å². The summed E-state index contributed by atoms with van der Waals surface area (Å²) in [6, 6.07) is 17.2. The first kappa shape index (κ1) is 23.5. The van der Waals surface area contributed by atoms with Crippen LogP contribution in [0.5, 0.6) is 0 Å². The number of piperazine rings is 1. The molecule has 0 radical (unpaired) electrons. The SMILES string of the molecule is O=C(CCC1CNC(=O)C2CC(NC(=S)Nc3ccc(Cl)cc3)CN12)NCc1ccccc1. The van der Waals surface area contributed by atoms with Gasteiger partial charge in [-0.05, 0) is 54.9 Å². The number of hydrogen-bond acceptors (Lipinski definition) is 4. The van der Waals surface area contributed by atoms with Crippen LogP contribution in [0.15, 0.2) is 54.6 Å². The lowest BCUT2D eigenvalue weighted by Crippen LogP contribution is -2.58. The molecule has 2 aliphatic heterocycles. The molecule has 0 aromatic heterocycles. The van der Waals surface area contributed by atoms with Gasteiger partial charge in [-0.2, -0.15) is 0 Å². The van der Waals surface area contributed by atoms with Gasteiger partial charge in [-0.3, -0.25) is 14.5 Å². The van der Waals surface area contributed by atoms with Gasteiger partial charge in [0.2, 0.25) is 11.8 Å². The van der Waals surface area contributed by atoms with Crippen LogP contribution < -0.4 is 21.3 Å². The zero-order valence-corrected chi connectivity index (χ0v) is 19.8. The lowest BCUT2D eigenvalue weighted by molar-refractivity contribution is -0.129. The van der Waals surface area contributed by atoms with Crippen molar-refractivity contribution in [3.05, 3.63) is 65.2 Å². The molecule has 2 fully saturated rings. The highest BCUT2D eigenvalue weighted by Gasteiger charge is 2.43. The zero-order valence-electron chi connectivity index (χ0n) is 18.2. The standard InChI is InChI=1S/C24H28ClN5O2S/c25-17-6-8-18(9-7-17)28-24(33)29-19-12-21-23(32)27-14-20(30(21)15-19)10-11-22(31)26-13-16-4-2-1-3-5-16/h1-9,19-21H,10-15H2,(H,26,31)(H,27,32)(H2,28,29,33). The first-order valence-electron chi connectivity index (χ1n) is 11.1. The second-order valence-corrected chi connectivity index (χ2v) is 9.30. The van der Waals surface area contributed by atoms with Gasteiger partial charge in [-0.15, -0.1) is 0 Å². The van der Waals surface area contributed by atoms with Crippen LogP contribution in [0.4, 0.5) is 5.69 Å². The largest absolute Gasteiger partial charge is 0.358 e. The third kappa shape index (κ3) is 6.43. The van der Waals surface area contributed by atoms with Gasteiger partial charge in [0.25, 0.3) is 0 Å². The summed E-state index contributed by atoms with van der Waals surface area (Å²) in [5.74, 6) is 0.0650. The Labute approximate surface area is 204 Å². The molecule has 0 aliphatic carbocycles. The predicted octanol–water partition coefficient (Wildman–Crippen LogP) is 2.66. The van der Waals surface area contributed by atoms with Crippen LogP contribution in [-0.4, -0.2) is 53.0 Å². The number of benzene rings is 2. The lowest BCUT2D eigenvalue weighted by Gasteiger charge is -2.37. The monoisotopic (exact) mass is 485 g/mol. The normalized spacial score (nSPS) is 22.2. The summed E-state index contributed by atoms with van der Waals surface area (Å²) in [5, 5.41) is 13.6. The molecule has 4 rings (SSSR count). The van der Waals surface area contributed by atoms with Crippen molar-refractivity contribution in [1.29, 1.82) is 0 Å². The van der Waals surface area contributed by atoms with Crippen LogP contribution in [0, 0.1) is 0 Å². The number of anilines is 1. The smallest absolute Gasteiger partial charge is 0.237 e. The maximum atomic E-state index is 12.5. The van der Waals surface area contributed by atoms with Crippen LogP contribution in [0.2, 0.25) is 5.02 Å². The van der Waals surface area contributed by atoms with E-state index in [1.165, 1.54) is 0 Å². The van der Waals surface area contributed by atoms with Gasteiger partial charge in [0.1, 0.15) is 0 Å². The summed E-state index contributed by atoms with van der Waals surface area (Å²) in [6.45, 7) is 1.79. The molecule has 0 bridgehead atoms. The fraction of sp³-hybridized carbons (Fsp3) is 0.375. The van der Waals surface area contributed by atoms with E-state index >= 15 is 0 Å². The lowest BCUT2D eigenvalue weighted by atomic mass is 10.0. The molecule has 9 heteroatoms. The van der Waals surface area contributed by atoms with Crippen LogP contribution in [0.1, 0.15) is 24.8 Å². The summed E-state index contributed by atoms with van der Waals surface area (Å²) in [7, 11) is 0. The van der Waals surface area contributed by atoms with Crippen LogP contribution in [0.25, 0.3) is 0 Å². The Morgan fingerprint density at radius 3 is 2.67 bits per heavy atom. The number of nitrogens with zero attached hydrogens (tertiary/aromatic N) is 1. The molecule has 0 saturated carbocycles. The number of carbonyl (C=O) groups excluding carboxylic acids is 2. The fourth-order valence-electron chi connectivity index (χ4n) is 4.42.